The standard InChI is InChI=1S/C16H27N3O2/c1-16(2,3)19-15(20)21-12-8-6-9-13(17-4)14-10-5-7-11-18-14/h5,7,10-11,13,17H,6,8-9,12H2,1-4H3,(H,19,20). The Hall–Kier alpha value is -1.62. The van der Waals surface area contributed by atoms with Crippen LogP contribution in [0.15, 0.2) is 24.4 Å². The fourth-order valence-corrected chi connectivity index (χ4v) is 1.98. The van der Waals surface area contributed by atoms with Crippen LogP contribution in [0.5, 0.6) is 0 Å². The number of ether oxygens (including phenoxy) is 1. The minimum absolute atomic E-state index is 0.245. The molecule has 0 fully saturated rings. The van der Waals surface area contributed by atoms with Gasteiger partial charge in [0.05, 0.1) is 12.3 Å². The average molecular weight is 293 g/mol. The van der Waals surface area contributed by atoms with Gasteiger partial charge in [-0.05, 0) is 59.2 Å². The molecule has 0 aliphatic heterocycles. The summed E-state index contributed by atoms with van der Waals surface area (Å²) in [5.74, 6) is 0. The molecule has 0 saturated carbocycles. The van der Waals surface area contributed by atoms with Crippen LogP contribution in [-0.2, 0) is 4.74 Å². The number of amides is 1. The lowest BCUT2D eigenvalue weighted by Crippen LogP contribution is -2.41. The summed E-state index contributed by atoms with van der Waals surface area (Å²) in [6.07, 6.45) is 4.25. The Morgan fingerprint density at radius 1 is 1.33 bits per heavy atom. The van der Waals surface area contributed by atoms with E-state index in [1.54, 1.807) is 6.20 Å². The lowest BCUT2D eigenvalue weighted by molar-refractivity contribution is 0.135. The van der Waals surface area contributed by atoms with E-state index in [4.69, 9.17) is 4.74 Å². The summed E-state index contributed by atoms with van der Waals surface area (Å²) in [5, 5.41) is 6.04. The summed E-state index contributed by atoms with van der Waals surface area (Å²) in [6.45, 7) is 6.23. The van der Waals surface area contributed by atoms with Crippen molar-refractivity contribution in [2.24, 2.45) is 0 Å². The van der Waals surface area contributed by atoms with Crippen LogP contribution in [-0.4, -0.2) is 30.3 Å². The Morgan fingerprint density at radius 2 is 2.10 bits per heavy atom. The second-order valence-electron chi connectivity index (χ2n) is 6.10. The van der Waals surface area contributed by atoms with E-state index in [1.807, 2.05) is 46.0 Å². The molecule has 0 aliphatic carbocycles. The van der Waals surface area contributed by atoms with Crippen LogP contribution in [0.2, 0.25) is 0 Å². The molecule has 0 radical (unpaired) electrons. The molecule has 0 saturated heterocycles. The van der Waals surface area contributed by atoms with Crippen LogP contribution >= 0.6 is 0 Å². The summed E-state index contributed by atoms with van der Waals surface area (Å²) in [6, 6.07) is 6.17. The first kappa shape index (κ1) is 17.4. The second kappa shape index (κ2) is 8.62. The van der Waals surface area contributed by atoms with E-state index >= 15 is 0 Å². The lowest BCUT2D eigenvalue weighted by Gasteiger charge is -2.20. The van der Waals surface area contributed by atoms with Crippen molar-refractivity contribution in [3.8, 4) is 0 Å². The van der Waals surface area contributed by atoms with Crippen LogP contribution in [0.1, 0.15) is 51.8 Å². The zero-order valence-corrected chi connectivity index (χ0v) is 13.5. The van der Waals surface area contributed by atoms with Gasteiger partial charge in [-0.25, -0.2) is 4.79 Å². The topological polar surface area (TPSA) is 63.2 Å². The van der Waals surface area contributed by atoms with Crippen molar-refractivity contribution in [1.29, 1.82) is 0 Å². The van der Waals surface area contributed by atoms with Crippen LogP contribution in [0.3, 0.4) is 0 Å². The van der Waals surface area contributed by atoms with E-state index < -0.39 is 0 Å². The highest BCUT2D eigenvalue weighted by atomic mass is 16.5. The molecule has 1 rings (SSSR count). The molecular formula is C16H27N3O2. The van der Waals surface area contributed by atoms with E-state index in [0.29, 0.717) is 6.61 Å². The maximum atomic E-state index is 11.5. The normalized spacial score (nSPS) is 12.8. The fourth-order valence-electron chi connectivity index (χ4n) is 1.98. The summed E-state index contributed by atoms with van der Waals surface area (Å²) < 4.78 is 5.15. The minimum atomic E-state index is -0.350. The third kappa shape index (κ3) is 7.66. The van der Waals surface area contributed by atoms with Gasteiger partial charge >= 0.3 is 6.09 Å². The minimum Gasteiger partial charge on any atom is -0.450 e. The molecule has 2 N–H and O–H groups in total. The Balaban J connectivity index is 2.20. The maximum absolute atomic E-state index is 11.5. The summed E-state index contributed by atoms with van der Waals surface area (Å²) in [7, 11) is 1.94. The van der Waals surface area contributed by atoms with Gasteiger partial charge in [-0.1, -0.05) is 6.07 Å². The van der Waals surface area contributed by atoms with Gasteiger partial charge in [0, 0.05) is 17.8 Å². The number of carbonyl (C=O) groups excluding carboxylic acids is 1. The van der Waals surface area contributed by atoms with Gasteiger partial charge in [0.25, 0.3) is 0 Å². The quantitative estimate of drug-likeness (QED) is 0.759. The molecule has 0 spiro atoms. The molecule has 0 bridgehead atoms. The van der Waals surface area contributed by atoms with Gasteiger partial charge in [-0.2, -0.15) is 0 Å². The van der Waals surface area contributed by atoms with Gasteiger partial charge in [0.15, 0.2) is 0 Å². The van der Waals surface area contributed by atoms with Gasteiger partial charge < -0.3 is 15.4 Å². The summed E-state index contributed by atoms with van der Waals surface area (Å²) >= 11 is 0. The van der Waals surface area contributed by atoms with Gasteiger partial charge in [-0.15, -0.1) is 0 Å². The fraction of sp³-hybridized carbons (Fsp3) is 0.625. The Kier molecular flexibility index (Phi) is 7.15. The van der Waals surface area contributed by atoms with Gasteiger partial charge in [0.1, 0.15) is 0 Å². The molecule has 1 unspecified atom stereocenters. The van der Waals surface area contributed by atoms with E-state index in [9.17, 15) is 4.79 Å². The highest BCUT2D eigenvalue weighted by Crippen LogP contribution is 2.16. The number of nitrogens with zero attached hydrogens (tertiary/aromatic N) is 1. The number of carbonyl (C=O) groups is 1. The predicted octanol–water partition coefficient (Wildman–Crippen LogP) is 3.04. The Morgan fingerprint density at radius 3 is 2.67 bits per heavy atom. The number of aromatic nitrogens is 1. The van der Waals surface area contributed by atoms with Crippen LogP contribution in [0.4, 0.5) is 4.79 Å². The molecule has 1 amide bonds. The molecule has 0 aromatic carbocycles. The smallest absolute Gasteiger partial charge is 0.407 e. The molecule has 21 heavy (non-hydrogen) atoms. The number of hydrogen-bond donors (Lipinski definition) is 2. The monoisotopic (exact) mass is 293 g/mol. The van der Waals surface area contributed by atoms with Crippen molar-refractivity contribution >= 4 is 6.09 Å². The average Bonchev–Trinajstić information content (AvgIpc) is 2.42. The molecule has 1 heterocycles. The molecule has 5 nitrogen and oxygen atoms in total. The van der Waals surface area contributed by atoms with Crippen LogP contribution in [0, 0.1) is 0 Å². The number of pyridine rings is 1. The molecule has 1 aromatic heterocycles. The van der Waals surface area contributed by atoms with Gasteiger partial charge in [-0.3, -0.25) is 4.98 Å². The van der Waals surface area contributed by atoms with Crippen LogP contribution in [0.25, 0.3) is 0 Å². The predicted molar refractivity (Wildman–Crippen MR) is 84.1 cm³/mol. The first-order valence-corrected chi connectivity index (χ1v) is 7.45. The first-order chi connectivity index (χ1) is 9.92. The summed E-state index contributed by atoms with van der Waals surface area (Å²) in [5.41, 5.74) is 0.791. The SMILES string of the molecule is CNC(CCCCOC(=O)NC(C)(C)C)c1ccccn1. The van der Waals surface area contributed by atoms with Crippen molar-refractivity contribution in [2.45, 2.75) is 51.6 Å². The number of unbranched alkanes of at least 4 members (excludes halogenated alkanes) is 1. The van der Waals surface area contributed by atoms with E-state index in [0.717, 1.165) is 25.0 Å². The van der Waals surface area contributed by atoms with Crippen LogP contribution < -0.4 is 10.6 Å². The van der Waals surface area contributed by atoms with E-state index in [2.05, 4.69) is 15.6 Å². The van der Waals surface area contributed by atoms with E-state index in [-0.39, 0.29) is 17.7 Å². The van der Waals surface area contributed by atoms with Crippen molar-refractivity contribution in [3.05, 3.63) is 30.1 Å². The van der Waals surface area contributed by atoms with Crippen molar-refractivity contribution in [1.82, 2.24) is 15.6 Å². The van der Waals surface area contributed by atoms with Crippen molar-refractivity contribution < 1.29 is 9.53 Å². The Bertz CT molecular complexity index is 415. The van der Waals surface area contributed by atoms with Crippen molar-refractivity contribution in [3.63, 3.8) is 0 Å². The number of alkyl carbamates (subject to hydrolysis) is 1. The molecule has 1 atom stereocenters. The highest BCUT2D eigenvalue weighted by Gasteiger charge is 2.14. The molecule has 118 valence electrons. The molecule has 5 heteroatoms. The third-order valence-corrected chi connectivity index (χ3v) is 2.99. The lowest BCUT2D eigenvalue weighted by atomic mass is 10.1. The summed E-state index contributed by atoms with van der Waals surface area (Å²) in [4.78, 5) is 15.8. The molecule has 0 aliphatic rings. The zero-order valence-electron chi connectivity index (χ0n) is 13.5. The zero-order chi connectivity index (χ0) is 15.7. The largest absolute Gasteiger partial charge is 0.450 e. The highest BCUT2D eigenvalue weighted by molar-refractivity contribution is 5.67. The first-order valence-electron chi connectivity index (χ1n) is 7.45. The maximum Gasteiger partial charge on any atom is 0.407 e. The number of nitrogens with one attached hydrogen (secondary N) is 2. The number of rotatable bonds is 7. The number of hydrogen-bond acceptors (Lipinski definition) is 4. The molecular weight excluding hydrogens is 266 g/mol. The van der Waals surface area contributed by atoms with Gasteiger partial charge in [0.2, 0.25) is 0 Å². The third-order valence-electron chi connectivity index (χ3n) is 2.99. The second-order valence-corrected chi connectivity index (χ2v) is 6.10. The van der Waals surface area contributed by atoms with Crippen molar-refractivity contribution in [2.75, 3.05) is 13.7 Å². The molecule has 1 aromatic rings. The van der Waals surface area contributed by atoms with E-state index in [1.165, 1.54) is 0 Å². The Labute approximate surface area is 127 Å².